The van der Waals surface area contributed by atoms with Crippen molar-refractivity contribution in [2.24, 2.45) is 0 Å². The molecule has 28 heavy (non-hydrogen) atoms. The summed E-state index contributed by atoms with van der Waals surface area (Å²) in [6.07, 6.45) is 0.839. The molecule has 1 aliphatic rings. The van der Waals surface area contributed by atoms with E-state index in [0.29, 0.717) is 10.9 Å². The van der Waals surface area contributed by atoms with Crippen molar-refractivity contribution in [1.29, 1.82) is 0 Å². The first-order valence-corrected chi connectivity index (χ1v) is 9.84. The number of ether oxygens (including phenoxy) is 1. The van der Waals surface area contributed by atoms with E-state index >= 15 is 0 Å². The summed E-state index contributed by atoms with van der Waals surface area (Å²) < 4.78 is 19.1. The number of rotatable bonds is 5. The summed E-state index contributed by atoms with van der Waals surface area (Å²) in [6.45, 7) is 2.61. The number of aromatic nitrogens is 1. The van der Waals surface area contributed by atoms with Crippen LogP contribution in [0.25, 0.3) is 0 Å². The van der Waals surface area contributed by atoms with Gasteiger partial charge in [0.05, 0.1) is 18.4 Å². The van der Waals surface area contributed by atoms with Crippen LogP contribution in [-0.2, 0) is 19.5 Å². The first-order valence-electron chi connectivity index (χ1n) is 9.02. The molecule has 0 unspecified atom stereocenters. The van der Waals surface area contributed by atoms with Crippen molar-refractivity contribution >= 4 is 22.4 Å². The summed E-state index contributed by atoms with van der Waals surface area (Å²) in [7, 11) is 1.45. The highest BCUT2D eigenvalue weighted by molar-refractivity contribution is 7.15. The van der Waals surface area contributed by atoms with Gasteiger partial charge in [0.1, 0.15) is 11.6 Å². The van der Waals surface area contributed by atoms with Gasteiger partial charge in [0.25, 0.3) is 5.91 Å². The first-order chi connectivity index (χ1) is 13.6. The number of thiazole rings is 1. The van der Waals surface area contributed by atoms with Gasteiger partial charge in [0.15, 0.2) is 5.13 Å². The zero-order valence-electron chi connectivity index (χ0n) is 15.4. The molecule has 0 radical (unpaired) electrons. The quantitative estimate of drug-likeness (QED) is 0.704. The molecule has 0 saturated carbocycles. The molecule has 3 aromatic rings. The lowest BCUT2D eigenvalue weighted by molar-refractivity contribution is 0.102. The molecule has 0 bridgehead atoms. The fourth-order valence-electron chi connectivity index (χ4n) is 3.25. The second-order valence-electron chi connectivity index (χ2n) is 6.64. The molecule has 0 spiro atoms. The Balaban J connectivity index is 1.43. The summed E-state index contributed by atoms with van der Waals surface area (Å²) >= 11 is 1.45. The fourth-order valence-corrected chi connectivity index (χ4v) is 4.30. The van der Waals surface area contributed by atoms with Crippen LogP contribution in [-0.4, -0.2) is 29.4 Å². The lowest BCUT2D eigenvalue weighted by atomic mass is 10.1. The number of nitrogens with one attached hydrogen (secondary N) is 1. The predicted molar refractivity (Wildman–Crippen MR) is 107 cm³/mol. The molecular formula is C21H20FN3O2S. The minimum Gasteiger partial charge on any atom is -0.497 e. The molecule has 0 aliphatic carbocycles. The van der Waals surface area contributed by atoms with E-state index < -0.39 is 11.7 Å². The summed E-state index contributed by atoms with van der Waals surface area (Å²) in [5.41, 5.74) is 2.26. The lowest BCUT2D eigenvalue weighted by Crippen LogP contribution is -2.29. The molecule has 7 heteroatoms. The molecule has 1 amide bonds. The van der Waals surface area contributed by atoms with Crippen LogP contribution in [0.15, 0.2) is 48.5 Å². The highest BCUT2D eigenvalue weighted by Crippen LogP contribution is 2.29. The monoisotopic (exact) mass is 397 g/mol. The molecule has 1 aliphatic heterocycles. The van der Waals surface area contributed by atoms with Crippen LogP contribution >= 0.6 is 11.3 Å². The van der Waals surface area contributed by atoms with E-state index in [1.165, 1.54) is 36.1 Å². The zero-order valence-corrected chi connectivity index (χ0v) is 16.3. The molecule has 5 nitrogen and oxygen atoms in total. The van der Waals surface area contributed by atoms with Gasteiger partial charge in [-0.1, -0.05) is 30.3 Å². The van der Waals surface area contributed by atoms with Crippen LogP contribution in [0.4, 0.5) is 9.52 Å². The SMILES string of the molecule is COc1ccc(C(=O)Nc2nc3c(s2)CN(Cc2ccccc2)CC3)c(F)c1. The van der Waals surface area contributed by atoms with Gasteiger partial charge in [-0.3, -0.25) is 15.0 Å². The minimum atomic E-state index is -0.618. The number of methoxy groups -OCH3 is 1. The average Bonchev–Trinajstić information content (AvgIpc) is 3.10. The Kier molecular flexibility index (Phi) is 5.36. The third-order valence-electron chi connectivity index (χ3n) is 4.70. The molecule has 1 N–H and O–H groups in total. The summed E-state index contributed by atoms with van der Waals surface area (Å²) in [5, 5.41) is 3.23. The topological polar surface area (TPSA) is 54.5 Å². The van der Waals surface area contributed by atoms with Crippen LogP contribution in [0.5, 0.6) is 5.75 Å². The summed E-state index contributed by atoms with van der Waals surface area (Å²) in [5.74, 6) is -0.753. The van der Waals surface area contributed by atoms with Gasteiger partial charge in [0.2, 0.25) is 0 Å². The number of carbonyl (C=O) groups is 1. The van der Waals surface area contributed by atoms with Crippen LogP contribution < -0.4 is 10.1 Å². The Labute approximate surface area is 166 Å². The van der Waals surface area contributed by atoms with E-state index in [2.05, 4.69) is 27.3 Å². The second-order valence-corrected chi connectivity index (χ2v) is 7.72. The molecule has 4 rings (SSSR count). The van der Waals surface area contributed by atoms with Gasteiger partial charge < -0.3 is 4.74 Å². The molecule has 144 valence electrons. The average molecular weight is 397 g/mol. The van der Waals surface area contributed by atoms with E-state index in [4.69, 9.17) is 4.74 Å². The van der Waals surface area contributed by atoms with E-state index in [1.807, 2.05) is 18.2 Å². The van der Waals surface area contributed by atoms with Crippen molar-refractivity contribution in [3.63, 3.8) is 0 Å². The highest BCUT2D eigenvalue weighted by Gasteiger charge is 2.22. The molecule has 0 atom stereocenters. The summed E-state index contributed by atoms with van der Waals surface area (Å²) in [4.78, 5) is 20.5. The minimum absolute atomic E-state index is 0.0281. The van der Waals surface area contributed by atoms with Crippen molar-refractivity contribution in [2.75, 3.05) is 19.0 Å². The Bertz CT molecular complexity index is 991. The Morgan fingerprint density at radius 1 is 1.29 bits per heavy atom. The van der Waals surface area contributed by atoms with Gasteiger partial charge in [-0.2, -0.15) is 0 Å². The predicted octanol–water partition coefficient (Wildman–Crippen LogP) is 4.10. The maximum atomic E-state index is 14.1. The maximum Gasteiger partial charge on any atom is 0.260 e. The lowest BCUT2D eigenvalue weighted by Gasteiger charge is -2.25. The molecule has 1 aromatic heterocycles. The summed E-state index contributed by atoms with van der Waals surface area (Å²) in [6, 6.07) is 14.5. The van der Waals surface area contributed by atoms with Crippen molar-refractivity contribution in [2.45, 2.75) is 19.5 Å². The van der Waals surface area contributed by atoms with Gasteiger partial charge in [0, 0.05) is 37.0 Å². The number of hydrogen-bond donors (Lipinski definition) is 1. The second kappa shape index (κ2) is 8.08. The highest BCUT2D eigenvalue weighted by atomic mass is 32.1. The largest absolute Gasteiger partial charge is 0.497 e. The number of hydrogen-bond acceptors (Lipinski definition) is 5. The number of benzene rings is 2. The van der Waals surface area contributed by atoms with E-state index in [9.17, 15) is 9.18 Å². The van der Waals surface area contributed by atoms with Gasteiger partial charge in [-0.25, -0.2) is 9.37 Å². The van der Waals surface area contributed by atoms with E-state index in [1.54, 1.807) is 6.07 Å². The molecule has 2 aromatic carbocycles. The normalized spacial score (nSPS) is 13.8. The number of amides is 1. The van der Waals surface area contributed by atoms with E-state index in [0.717, 1.165) is 36.6 Å². The van der Waals surface area contributed by atoms with Gasteiger partial charge in [-0.15, -0.1) is 11.3 Å². The van der Waals surface area contributed by atoms with E-state index in [-0.39, 0.29) is 5.56 Å². The third kappa shape index (κ3) is 4.05. The van der Waals surface area contributed by atoms with Gasteiger partial charge >= 0.3 is 0 Å². The Morgan fingerprint density at radius 3 is 2.86 bits per heavy atom. The van der Waals surface area contributed by atoms with Crippen LogP contribution in [0.1, 0.15) is 26.5 Å². The van der Waals surface area contributed by atoms with Crippen LogP contribution in [0.2, 0.25) is 0 Å². The van der Waals surface area contributed by atoms with Crippen LogP contribution in [0, 0.1) is 5.82 Å². The van der Waals surface area contributed by atoms with Crippen molar-refractivity contribution < 1.29 is 13.9 Å². The Morgan fingerprint density at radius 2 is 2.11 bits per heavy atom. The zero-order chi connectivity index (χ0) is 19.5. The third-order valence-corrected chi connectivity index (χ3v) is 5.70. The molecule has 2 heterocycles. The number of halogens is 1. The number of anilines is 1. The molecule has 0 fully saturated rings. The Hall–Kier alpha value is -2.77. The van der Waals surface area contributed by atoms with Gasteiger partial charge in [-0.05, 0) is 17.7 Å². The number of carbonyl (C=O) groups excluding carboxylic acids is 1. The molecular weight excluding hydrogens is 377 g/mol. The fraction of sp³-hybridized carbons (Fsp3) is 0.238. The molecule has 0 saturated heterocycles. The van der Waals surface area contributed by atoms with Crippen LogP contribution in [0.3, 0.4) is 0 Å². The van der Waals surface area contributed by atoms with Crippen molar-refractivity contribution in [3.05, 3.63) is 76.0 Å². The maximum absolute atomic E-state index is 14.1. The number of nitrogens with zero attached hydrogens (tertiary/aromatic N) is 2. The first kappa shape index (κ1) is 18.6. The number of fused-ring (bicyclic) bond motifs is 1. The standard InChI is InChI=1S/C21H20FN3O2S/c1-27-15-7-8-16(17(22)11-15)20(26)24-21-23-18-9-10-25(13-19(18)28-21)12-14-5-3-2-4-6-14/h2-8,11H,9-10,12-13H2,1H3,(H,23,24,26). The smallest absolute Gasteiger partial charge is 0.260 e. The van der Waals surface area contributed by atoms with Crippen molar-refractivity contribution in [3.8, 4) is 5.75 Å². The van der Waals surface area contributed by atoms with Crippen molar-refractivity contribution in [1.82, 2.24) is 9.88 Å².